The second kappa shape index (κ2) is 3.33. The van der Waals surface area contributed by atoms with Crippen LogP contribution in [0.5, 0.6) is 0 Å². The summed E-state index contributed by atoms with van der Waals surface area (Å²) in [6, 6.07) is 0. The zero-order valence-corrected chi connectivity index (χ0v) is 6.91. The number of allylic oxidation sites excluding steroid dienone is 4. The monoisotopic (exact) mass is 176 g/mol. The predicted octanol–water partition coefficient (Wildman–Crippen LogP) is 3.61. The fraction of sp³-hybridized carbons (Fsp3) is 0.556. The quantitative estimate of drug-likeness (QED) is 0.494. The highest BCUT2D eigenvalue weighted by molar-refractivity contribution is 5.17. The van der Waals surface area contributed by atoms with Crippen LogP contribution < -0.4 is 0 Å². The van der Waals surface area contributed by atoms with E-state index in [2.05, 4.69) is 0 Å². The van der Waals surface area contributed by atoms with Gasteiger partial charge in [0, 0.05) is 5.57 Å². The minimum atomic E-state index is -4.13. The Morgan fingerprint density at radius 2 is 1.83 bits per heavy atom. The molecule has 68 valence electrons. The summed E-state index contributed by atoms with van der Waals surface area (Å²) in [5.74, 6) is 0. The molecule has 3 heteroatoms. The third kappa shape index (κ3) is 2.40. The highest BCUT2D eigenvalue weighted by atomic mass is 19.4. The Kier molecular flexibility index (Phi) is 2.60. The molecule has 0 bridgehead atoms. The van der Waals surface area contributed by atoms with Crippen LogP contribution in [0.2, 0.25) is 0 Å². The predicted molar refractivity (Wildman–Crippen MR) is 41.7 cm³/mol. The van der Waals surface area contributed by atoms with E-state index < -0.39 is 6.18 Å². The molecule has 1 aliphatic carbocycles. The van der Waals surface area contributed by atoms with E-state index in [0.717, 1.165) is 5.57 Å². The Morgan fingerprint density at radius 3 is 2.42 bits per heavy atom. The maximum Gasteiger partial charge on any atom is 0.412 e. The number of rotatable bonds is 0. The standard InChI is InChI=1S/C9H11F3/c1-7-3-2-4-8(6-5-7)9(10,11)12/h3-4H,2,5-6H2,1H3. The number of hydrogen-bond acceptors (Lipinski definition) is 0. The van der Waals surface area contributed by atoms with Crippen LogP contribution in [0.4, 0.5) is 13.2 Å². The van der Waals surface area contributed by atoms with Gasteiger partial charge in [-0.05, 0) is 26.2 Å². The summed E-state index contributed by atoms with van der Waals surface area (Å²) < 4.78 is 36.5. The molecule has 0 saturated carbocycles. The Bertz CT molecular complexity index is 220. The summed E-state index contributed by atoms with van der Waals surface area (Å²) in [5.41, 5.74) is 0.668. The van der Waals surface area contributed by atoms with E-state index in [4.69, 9.17) is 0 Å². The van der Waals surface area contributed by atoms with E-state index in [0.29, 0.717) is 12.8 Å². The Morgan fingerprint density at radius 1 is 1.17 bits per heavy atom. The Hall–Kier alpha value is -0.730. The second-order valence-corrected chi connectivity index (χ2v) is 3.01. The van der Waals surface area contributed by atoms with E-state index >= 15 is 0 Å². The molecule has 0 amide bonds. The summed E-state index contributed by atoms with van der Waals surface area (Å²) in [6.07, 6.45) is 0.0750. The molecule has 0 heterocycles. The van der Waals surface area contributed by atoms with Crippen LogP contribution in [0.3, 0.4) is 0 Å². The molecule has 0 aliphatic heterocycles. The topological polar surface area (TPSA) is 0 Å². The molecule has 0 aromatic heterocycles. The summed E-state index contributed by atoms with van der Waals surface area (Å²) in [4.78, 5) is 0. The first-order valence-corrected chi connectivity index (χ1v) is 3.92. The van der Waals surface area contributed by atoms with Crippen molar-refractivity contribution < 1.29 is 13.2 Å². The molecular formula is C9H11F3. The smallest absolute Gasteiger partial charge is 0.166 e. The zero-order chi connectivity index (χ0) is 9.19. The average molecular weight is 176 g/mol. The van der Waals surface area contributed by atoms with Crippen molar-refractivity contribution in [3.05, 3.63) is 23.3 Å². The van der Waals surface area contributed by atoms with Crippen molar-refractivity contribution in [3.8, 4) is 0 Å². The number of hydrogen-bond donors (Lipinski definition) is 0. The molecule has 1 rings (SSSR count). The van der Waals surface area contributed by atoms with Gasteiger partial charge in [0.2, 0.25) is 0 Å². The summed E-state index contributed by atoms with van der Waals surface area (Å²) in [7, 11) is 0. The van der Waals surface area contributed by atoms with Crippen LogP contribution in [0.25, 0.3) is 0 Å². The second-order valence-electron chi connectivity index (χ2n) is 3.01. The van der Waals surface area contributed by atoms with Crippen LogP contribution >= 0.6 is 0 Å². The van der Waals surface area contributed by atoms with Crippen LogP contribution in [0, 0.1) is 0 Å². The summed E-state index contributed by atoms with van der Waals surface area (Å²) in [6.45, 7) is 1.87. The fourth-order valence-electron chi connectivity index (χ4n) is 1.20. The molecular weight excluding hydrogens is 165 g/mol. The Balaban J connectivity index is 2.67. The zero-order valence-electron chi connectivity index (χ0n) is 6.91. The van der Waals surface area contributed by atoms with Gasteiger partial charge in [0.1, 0.15) is 0 Å². The molecule has 1 aliphatic rings. The van der Waals surface area contributed by atoms with Gasteiger partial charge < -0.3 is 0 Å². The molecule has 0 N–H and O–H groups in total. The average Bonchev–Trinajstić information content (AvgIpc) is 2.11. The normalized spacial score (nSPS) is 19.7. The van der Waals surface area contributed by atoms with Gasteiger partial charge in [-0.1, -0.05) is 17.7 Å². The van der Waals surface area contributed by atoms with Crippen molar-refractivity contribution in [1.29, 1.82) is 0 Å². The molecule has 12 heavy (non-hydrogen) atoms. The van der Waals surface area contributed by atoms with E-state index in [9.17, 15) is 13.2 Å². The van der Waals surface area contributed by atoms with Gasteiger partial charge in [-0.15, -0.1) is 0 Å². The lowest BCUT2D eigenvalue weighted by molar-refractivity contribution is -0.0940. The van der Waals surface area contributed by atoms with E-state index in [1.54, 1.807) is 0 Å². The van der Waals surface area contributed by atoms with Gasteiger partial charge in [-0.25, -0.2) is 0 Å². The molecule has 0 aromatic carbocycles. The lowest BCUT2D eigenvalue weighted by Gasteiger charge is -2.09. The van der Waals surface area contributed by atoms with Crippen molar-refractivity contribution in [2.24, 2.45) is 0 Å². The molecule has 0 spiro atoms. The molecule has 0 unspecified atom stereocenters. The van der Waals surface area contributed by atoms with Crippen LogP contribution in [0.15, 0.2) is 23.3 Å². The molecule has 0 fully saturated rings. The highest BCUT2D eigenvalue weighted by Crippen LogP contribution is 2.32. The summed E-state index contributed by atoms with van der Waals surface area (Å²) in [5, 5.41) is 0. The number of alkyl halides is 3. The lowest BCUT2D eigenvalue weighted by Crippen LogP contribution is -2.11. The molecule has 0 aromatic rings. The highest BCUT2D eigenvalue weighted by Gasteiger charge is 2.32. The third-order valence-corrected chi connectivity index (χ3v) is 1.98. The van der Waals surface area contributed by atoms with E-state index in [1.165, 1.54) is 6.08 Å². The van der Waals surface area contributed by atoms with E-state index in [-0.39, 0.29) is 12.0 Å². The van der Waals surface area contributed by atoms with Crippen LogP contribution in [-0.4, -0.2) is 6.18 Å². The molecule has 0 radical (unpaired) electrons. The third-order valence-electron chi connectivity index (χ3n) is 1.98. The minimum absolute atomic E-state index is 0.131. The van der Waals surface area contributed by atoms with E-state index in [1.807, 2.05) is 13.0 Å². The summed E-state index contributed by atoms with van der Waals surface area (Å²) >= 11 is 0. The van der Waals surface area contributed by atoms with Crippen molar-refractivity contribution in [1.82, 2.24) is 0 Å². The van der Waals surface area contributed by atoms with Crippen molar-refractivity contribution >= 4 is 0 Å². The fourth-order valence-corrected chi connectivity index (χ4v) is 1.20. The van der Waals surface area contributed by atoms with Gasteiger partial charge in [0.05, 0.1) is 0 Å². The largest absolute Gasteiger partial charge is 0.412 e. The first kappa shape index (κ1) is 9.36. The van der Waals surface area contributed by atoms with Gasteiger partial charge in [0.25, 0.3) is 0 Å². The molecule has 0 atom stereocenters. The van der Waals surface area contributed by atoms with Crippen molar-refractivity contribution in [2.45, 2.75) is 32.4 Å². The molecule has 0 nitrogen and oxygen atoms in total. The molecule has 0 saturated heterocycles. The Labute approximate surface area is 69.8 Å². The minimum Gasteiger partial charge on any atom is -0.166 e. The van der Waals surface area contributed by atoms with Crippen LogP contribution in [-0.2, 0) is 0 Å². The van der Waals surface area contributed by atoms with Gasteiger partial charge in [-0.2, -0.15) is 13.2 Å². The van der Waals surface area contributed by atoms with Gasteiger partial charge in [-0.3, -0.25) is 0 Å². The van der Waals surface area contributed by atoms with Crippen LogP contribution in [0.1, 0.15) is 26.2 Å². The first-order chi connectivity index (χ1) is 5.50. The maximum absolute atomic E-state index is 12.2. The van der Waals surface area contributed by atoms with Gasteiger partial charge >= 0.3 is 6.18 Å². The van der Waals surface area contributed by atoms with Crippen molar-refractivity contribution in [2.75, 3.05) is 0 Å². The lowest BCUT2D eigenvalue weighted by atomic mass is 10.1. The van der Waals surface area contributed by atoms with Gasteiger partial charge in [0.15, 0.2) is 0 Å². The SMILES string of the molecule is CC1=CCC=C(C(F)(F)F)CC1. The van der Waals surface area contributed by atoms with Crippen molar-refractivity contribution in [3.63, 3.8) is 0 Å². The number of halogens is 3. The first-order valence-electron chi connectivity index (χ1n) is 3.92. The maximum atomic E-state index is 12.2.